The third kappa shape index (κ3) is 9.59. The standard InChI is InChI=1S/C13H20O9/c1-9(2)11(14)20-6-5-19-7-10(22-13(16)18-4)8-21-12(15)17-3/h10H,1,5-8H2,2-4H3. The van der Waals surface area contributed by atoms with Gasteiger partial charge in [-0.15, -0.1) is 0 Å². The molecule has 0 aromatic rings. The summed E-state index contributed by atoms with van der Waals surface area (Å²) in [4.78, 5) is 33.0. The molecule has 9 heteroatoms. The molecule has 0 aromatic carbocycles. The Morgan fingerprint density at radius 3 is 2.14 bits per heavy atom. The Morgan fingerprint density at radius 2 is 1.59 bits per heavy atom. The van der Waals surface area contributed by atoms with Gasteiger partial charge in [-0.3, -0.25) is 0 Å². The summed E-state index contributed by atoms with van der Waals surface area (Å²) >= 11 is 0. The summed E-state index contributed by atoms with van der Waals surface area (Å²) in [5.74, 6) is -0.528. The smallest absolute Gasteiger partial charge is 0.460 e. The van der Waals surface area contributed by atoms with Gasteiger partial charge in [-0.05, 0) is 6.92 Å². The van der Waals surface area contributed by atoms with Crippen LogP contribution in [0.25, 0.3) is 0 Å². The maximum atomic E-state index is 11.1. The average Bonchev–Trinajstić information content (AvgIpc) is 2.50. The monoisotopic (exact) mass is 320 g/mol. The molecule has 0 fully saturated rings. The second-order valence-electron chi connectivity index (χ2n) is 3.95. The third-order valence-electron chi connectivity index (χ3n) is 2.10. The fraction of sp³-hybridized carbons (Fsp3) is 0.615. The second-order valence-corrected chi connectivity index (χ2v) is 3.95. The first-order chi connectivity index (χ1) is 10.4. The van der Waals surface area contributed by atoms with Crippen molar-refractivity contribution in [3.63, 3.8) is 0 Å². The molecule has 1 unspecified atom stereocenters. The summed E-state index contributed by atoms with van der Waals surface area (Å²) in [5, 5.41) is 0. The van der Waals surface area contributed by atoms with Crippen LogP contribution >= 0.6 is 0 Å². The van der Waals surface area contributed by atoms with E-state index in [0.29, 0.717) is 0 Å². The van der Waals surface area contributed by atoms with Crippen LogP contribution in [-0.4, -0.2) is 65.0 Å². The minimum atomic E-state index is -0.948. The van der Waals surface area contributed by atoms with E-state index in [1.807, 2.05) is 0 Å². The number of hydrogen-bond donors (Lipinski definition) is 0. The van der Waals surface area contributed by atoms with Gasteiger partial charge in [0.1, 0.15) is 13.2 Å². The van der Waals surface area contributed by atoms with Crippen LogP contribution in [0.5, 0.6) is 0 Å². The van der Waals surface area contributed by atoms with Gasteiger partial charge in [-0.1, -0.05) is 6.58 Å². The Morgan fingerprint density at radius 1 is 0.955 bits per heavy atom. The van der Waals surface area contributed by atoms with E-state index in [0.717, 1.165) is 14.2 Å². The fourth-order valence-electron chi connectivity index (χ4n) is 1.05. The molecule has 22 heavy (non-hydrogen) atoms. The summed E-state index contributed by atoms with van der Waals surface area (Å²) in [6.45, 7) is 4.67. The van der Waals surface area contributed by atoms with Crippen LogP contribution in [0, 0.1) is 0 Å². The highest BCUT2D eigenvalue weighted by Gasteiger charge is 2.18. The summed E-state index contributed by atoms with van der Waals surface area (Å²) in [7, 11) is 2.28. The molecule has 0 rings (SSSR count). The van der Waals surface area contributed by atoms with Gasteiger partial charge < -0.3 is 28.4 Å². The van der Waals surface area contributed by atoms with Crippen molar-refractivity contribution in [1.29, 1.82) is 0 Å². The molecule has 0 spiro atoms. The van der Waals surface area contributed by atoms with Gasteiger partial charge in [-0.2, -0.15) is 0 Å². The molecule has 0 aromatic heterocycles. The molecular formula is C13H20O9. The Bertz CT molecular complexity index is 391. The van der Waals surface area contributed by atoms with E-state index in [1.54, 1.807) is 0 Å². The van der Waals surface area contributed by atoms with Crippen molar-refractivity contribution in [3.05, 3.63) is 12.2 Å². The van der Waals surface area contributed by atoms with Crippen molar-refractivity contribution in [1.82, 2.24) is 0 Å². The van der Waals surface area contributed by atoms with Crippen molar-refractivity contribution in [2.45, 2.75) is 13.0 Å². The maximum Gasteiger partial charge on any atom is 0.508 e. The van der Waals surface area contributed by atoms with E-state index in [-0.39, 0.29) is 32.0 Å². The van der Waals surface area contributed by atoms with Crippen molar-refractivity contribution in [2.75, 3.05) is 40.6 Å². The zero-order valence-electron chi connectivity index (χ0n) is 12.8. The molecular weight excluding hydrogens is 300 g/mol. The zero-order chi connectivity index (χ0) is 17.0. The molecule has 0 saturated carbocycles. The summed E-state index contributed by atoms with van der Waals surface area (Å²) in [5.41, 5.74) is 0.276. The van der Waals surface area contributed by atoms with Gasteiger partial charge in [0.2, 0.25) is 0 Å². The minimum absolute atomic E-state index is 0.00843. The van der Waals surface area contributed by atoms with Crippen LogP contribution in [0.4, 0.5) is 9.59 Å². The number of hydrogen-bond acceptors (Lipinski definition) is 9. The van der Waals surface area contributed by atoms with Gasteiger partial charge in [0, 0.05) is 5.57 Å². The molecule has 0 N–H and O–H groups in total. The number of esters is 1. The normalized spacial score (nSPS) is 11.0. The zero-order valence-corrected chi connectivity index (χ0v) is 12.8. The number of methoxy groups -OCH3 is 2. The fourth-order valence-corrected chi connectivity index (χ4v) is 1.05. The Balaban J connectivity index is 4.06. The number of rotatable bonds is 9. The predicted molar refractivity (Wildman–Crippen MR) is 72.2 cm³/mol. The molecule has 0 aliphatic heterocycles. The van der Waals surface area contributed by atoms with E-state index in [1.165, 1.54) is 6.92 Å². The summed E-state index contributed by atoms with van der Waals surface area (Å²) in [6, 6.07) is 0. The molecule has 0 heterocycles. The number of ether oxygens (including phenoxy) is 6. The van der Waals surface area contributed by atoms with E-state index < -0.39 is 24.4 Å². The lowest BCUT2D eigenvalue weighted by atomic mass is 10.4. The molecule has 0 radical (unpaired) electrons. The molecule has 9 nitrogen and oxygen atoms in total. The highest BCUT2D eigenvalue weighted by Crippen LogP contribution is 2.00. The molecule has 0 aliphatic rings. The van der Waals surface area contributed by atoms with Crippen LogP contribution in [0.3, 0.4) is 0 Å². The van der Waals surface area contributed by atoms with Gasteiger partial charge in [0.05, 0.1) is 27.4 Å². The molecule has 0 bridgehead atoms. The van der Waals surface area contributed by atoms with E-state index in [4.69, 9.17) is 14.2 Å². The van der Waals surface area contributed by atoms with Crippen molar-refractivity contribution in [3.8, 4) is 0 Å². The highest BCUT2D eigenvalue weighted by atomic mass is 16.7. The molecule has 0 saturated heterocycles. The second kappa shape index (κ2) is 11.4. The van der Waals surface area contributed by atoms with Crippen LogP contribution in [-0.2, 0) is 33.2 Å². The molecule has 0 amide bonds. The first-order valence-corrected chi connectivity index (χ1v) is 6.26. The van der Waals surface area contributed by atoms with E-state index >= 15 is 0 Å². The first-order valence-electron chi connectivity index (χ1n) is 6.26. The average molecular weight is 320 g/mol. The maximum absolute atomic E-state index is 11.1. The first kappa shape index (κ1) is 19.7. The summed E-state index contributed by atoms with van der Waals surface area (Å²) < 4.78 is 28.1. The molecule has 126 valence electrons. The summed E-state index contributed by atoms with van der Waals surface area (Å²) in [6.07, 6.45) is -2.76. The van der Waals surface area contributed by atoms with Crippen LogP contribution in [0.2, 0.25) is 0 Å². The highest BCUT2D eigenvalue weighted by molar-refractivity contribution is 5.86. The van der Waals surface area contributed by atoms with Gasteiger partial charge in [-0.25, -0.2) is 14.4 Å². The van der Waals surface area contributed by atoms with Crippen molar-refractivity contribution in [2.24, 2.45) is 0 Å². The number of carbonyl (C=O) groups is 3. The lowest BCUT2D eigenvalue weighted by molar-refractivity contribution is -0.140. The van der Waals surface area contributed by atoms with E-state index in [2.05, 4.69) is 20.8 Å². The largest absolute Gasteiger partial charge is 0.508 e. The van der Waals surface area contributed by atoms with Gasteiger partial charge in [0.15, 0.2) is 6.10 Å². The lowest BCUT2D eigenvalue weighted by Crippen LogP contribution is -2.30. The van der Waals surface area contributed by atoms with Crippen molar-refractivity contribution >= 4 is 18.3 Å². The van der Waals surface area contributed by atoms with E-state index in [9.17, 15) is 14.4 Å². The van der Waals surface area contributed by atoms with Crippen LogP contribution in [0.15, 0.2) is 12.2 Å². The Kier molecular flexibility index (Phi) is 10.2. The SMILES string of the molecule is C=C(C)C(=O)OCCOCC(COC(=O)OC)OC(=O)OC. The van der Waals surface area contributed by atoms with Gasteiger partial charge >= 0.3 is 18.3 Å². The lowest BCUT2D eigenvalue weighted by Gasteiger charge is -2.16. The Labute approximate surface area is 128 Å². The van der Waals surface area contributed by atoms with Crippen LogP contribution in [0.1, 0.15) is 6.92 Å². The molecule has 1 atom stereocenters. The van der Waals surface area contributed by atoms with Gasteiger partial charge in [0.25, 0.3) is 0 Å². The Hall–Kier alpha value is -2.29. The number of carbonyl (C=O) groups excluding carboxylic acids is 3. The minimum Gasteiger partial charge on any atom is -0.460 e. The van der Waals surface area contributed by atoms with Crippen molar-refractivity contribution < 1.29 is 42.8 Å². The quantitative estimate of drug-likeness (QED) is 0.267. The van der Waals surface area contributed by atoms with Crippen LogP contribution < -0.4 is 0 Å². The molecule has 0 aliphatic carbocycles. The third-order valence-corrected chi connectivity index (χ3v) is 2.10. The topological polar surface area (TPSA) is 107 Å². The predicted octanol–water partition coefficient (Wildman–Crippen LogP) is 1.06.